The van der Waals surface area contributed by atoms with Gasteiger partial charge in [0.05, 0.1) is 49.4 Å². The fourth-order valence-corrected chi connectivity index (χ4v) is 5.68. The van der Waals surface area contributed by atoms with Gasteiger partial charge in [-0.2, -0.15) is 26.3 Å². The summed E-state index contributed by atoms with van der Waals surface area (Å²) in [5, 5.41) is 3.25. The van der Waals surface area contributed by atoms with Crippen LogP contribution in [-0.2, 0) is 28.4 Å². The first kappa shape index (κ1) is 40.2. The normalized spacial score (nSPS) is 11.3. The number of anilines is 1. The number of ether oxygens (including phenoxy) is 2. The minimum Gasteiger partial charge on any atom is -0.493 e. The second-order valence-corrected chi connectivity index (χ2v) is 11.8. The van der Waals surface area contributed by atoms with Gasteiger partial charge in [-0.3, -0.25) is 19.7 Å². The third-order valence-electron chi connectivity index (χ3n) is 7.38. The molecule has 53 heavy (non-hydrogen) atoms. The predicted molar refractivity (Wildman–Crippen MR) is 180 cm³/mol. The van der Waals surface area contributed by atoms with Crippen molar-refractivity contribution < 1.29 is 59.0 Å². The zero-order valence-corrected chi connectivity index (χ0v) is 29.0. The Labute approximate surface area is 301 Å². The van der Waals surface area contributed by atoms with E-state index >= 15 is 0 Å². The van der Waals surface area contributed by atoms with Gasteiger partial charge in [0.1, 0.15) is 17.2 Å². The van der Waals surface area contributed by atoms with E-state index in [4.69, 9.17) is 9.47 Å². The molecule has 0 radical (unpaired) electrons. The average Bonchev–Trinajstić information content (AvgIpc) is 3.54. The van der Waals surface area contributed by atoms with E-state index in [9.17, 15) is 44.7 Å². The van der Waals surface area contributed by atoms with Gasteiger partial charge >= 0.3 is 12.4 Å². The van der Waals surface area contributed by atoms with Gasteiger partial charge in [-0.05, 0) is 59.7 Å². The average molecular weight is 768 g/mol. The van der Waals surface area contributed by atoms with Crippen LogP contribution in [0.5, 0.6) is 11.5 Å². The van der Waals surface area contributed by atoms with E-state index in [-0.39, 0.29) is 27.7 Å². The monoisotopic (exact) mass is 767 g/mol. The number of nitrogens with one attached hydrogen (secondary N) is 1. The van der Waals surface area contributed by atoms with Crippen LogP contribution in [0.15, 0.2) is 84.9 Å². The molecule has 0 aliphatic heterocycles. The summed E-state index contributed by atoms with van der Waals surface area (Å²) in [7, 11) is 5.58. The molecule has 0 saturated heterocycles. The topological polar surface area (TPSA) is 90.0 Å². The Morgan fingerprint density at radius 3 is 1.92 bits per heavy atom. The molecule has 5 rings (SSSR count). The second kappa shape index (κ2) is 16.9. The first-order valence-corrected chi connectivity index (χ1v) is 15.9. The van der Waals surface area contributed by atoms with E-state index < -0.39 is 52.5 Å². The lowest BCUT2D eigenvalue weighted by molar-refractivity contribution is -0.167. The maximum absolute atomic E-state index is 14.1. The molecular weight excluding hydrogens is 738 g/mol. The van der Waals surface area contributed by atoms with E-state index in [1.165, 1.54) is 52.6 Å². The van der Waals surface area contributed by atoms with Gasteiger partial charge in [-0.1, -0.05) is 47.7 Å². The molecule has 0 saturated carbocycles. The van der Waals surface area contributed by atoms with Crippen molar-refractivity contribution in [1.82, 2.24) is 10.0 Å². The summed E-state index contributed by atoms with van der Waals surface area (Å²) in [4.78, 5) is 33.3. The minimum absolute atomic E-state index is 0.0696. The van der Waals surface area contributed by atoms with E-state index in [1.807, 2.05) is 0 Å². The first-order valence-electron chi connectivity index (χ1n) is 15.1. The number of rotatable bonds is 9. The molecule has 0 aliphatic rings. The third-order valence-corrected chi connectivity index (χ3v) is 8.40. The number of benzene rings is 4. The van der Waals surface area contributed by atoms with Gasteiger partial charge in [0.2, 0.25) is 5.91 Å². The Kier molecular flexibility index (Phi) is 12.8. The number of thiazole rings is 1. The zero-order chi connectivity index (χ0) is 39.1. The quantitative estimate of drug-likeness (QED) is 0.119. The molecule has 0 aliphatic carbocycles. The number of hydrogen-bond donors (Lipinski definition) is 1. The third kappa shape index (κ3) is 10.1. The zero-order valence-electron chi connectivity index (χ0n) is 28.2. The van der Waals surface area contributed by atoms with Crippen molar-refractivity contribution in [1.29, 1.82) is 0 Å². The summed E-state index contributed by atoms with van der Waals surface area (Å²) < 4.78 is 116. The summed E-state index contributed by atoms with van der Waals surface area (Å²) in [6.45, 7) is 0. The minimum atomic E-state index is -4.58. The van der Waals surface area contributed by atoms with Crippen molar-refractivity contribution >= 4 is 28.3 Å². The van der Waals surface area contributed by atoms with Crippen LogP contribution in [0.3, 0.4) is 0 Å². The number of hydrogen-bond acceptors (Lipinski definition) is 7. The van der Waals surface area contributed by atoms with Crippen molar-refractivity contribution in [2.45, 2.75) is 18.8 Å². The molecule has 0 atom stereocenters. The SMILES string of the molecule is CON(C)C(=O)Cc1cccc(C(F)(F)F)c1.COc1ccc(-c2nc(NC(=O)c3c(F)cccc3F)sc2-c2cccc(C(F)(F)F)c2)cc1OC. The van der Waals surface area contributed by atoms with Crippen LogP contribution in [0.4, 0.5) is 40.3 Å². The van der Waals surface area contributed by atoms with Gasteiger partial charge in [0.15, 0.2) is 16.6 Å². The lowest BCUT2D eigenvalue weighted by Crippen LogP contribution is -2.27. The lowest BCUT2D eigenvalue weighted by atomic mass is 10.0. The number of methoxy groups -OCH3 is 2. The summed E-state index contributed by atoms with van der Waals surface area (Å²) >= 11 is 0.858. The Morgan fingerprint density at radius 2 is 1.34 bits per heavy atom. The standard InChI is InChI=1S/C25H17F5N2O3S.C11H12F3NO2/c1-34-18-10-9-13(12-19(18)35-2)21-22(14-5-3-6-15(11-14)25(28,29)30)36-24(31-21)32-23(33)20-16(26)7-4-8-17(20)27;1-15(17-2)10(16)7-8-4-3-5-9(6-8)11(12,13)14/h3-12H,1-2H3,(H,31,32,33);3-6H,7H2,1-2H3. The van der Waals surface area contributed by atoms with Crippen LogP contribution in [-0.4, -0.2) is 50.2 Å². The van der Waals surface area contributed by atoms with E-state index in [0.29, 0.717) is 22.6 Å². The molecule has 4 aromatic carbocycles. The van der Waals surface area contributed by atoms with Crippen LogP contribution in [0.25, 0.3) is 21.7 Å². The highest BCUT2D eigenvalue weighted by molar-refractivity contribution is 7.19. The summed E-state index contributed by atoms with van der Waals surface area (Å²) in [5.41, 5.74) is -1.27. The number of likely N-dealkylation sites (N-methyl/N-ethyl adjacent to an activating group) is 1. The highest BCUT2D eigenvalue weighted by atomic mass is 32.1. The van der Waals surface area contributed by atoms with E-state index in [1.54, 1.807) is 18.2 Å². The predicted octanol–water partition coefficient (Wildman–Crippen LogP) is 9.31. The molecule has 5 aromatic rings. The summed E-state index contributed by atoms with van der Waals surface area (Å²) in [5.74, 6) is -2.87. The van der Waals surface area contributed by atoms with Gasteiger partial charge in [-0.25, -0.2) is 18.8 Å². The van der Waals surface area contributed by atoms with Gasteiger partial charge in [-0.15, -0.1) is 0 Å². The number of carbonyl (C=O) groups excluding carboxylic acids is 2. The molecule has 0 spiro atoms. The Morgan fingerprint density at radius 1 is 0.755 bits per heavy atom. The molecular formula is C36H29F8N3O5S. The largest absolute Gasteiger partial charge is 0.493 e. The molecule has 8 nitrogen and oxygen atoms in total. The van der Waals surface area contributed by atoms with Crippen LogP contribution in [0.1, 0.15) is 27.0 Å². The van der Waals surface area contributed by atoms with Crippen molar-refractivity contribution in [2.24, 2.45) is 0 Å². The van der Waals surface area contributed by atoms with Crippen LogP contribution < -0.4 is 14.8 Å². The highest BCUT2D eigenvalue weighted by Crippen LogP contribution is 2.43. The number of hydroxylamine groups is 2. The van der Waals surface area contributed by atoms with Crippen LogP contribution >= 0.6 is 11.3 Å². The molecule has 1 N–H and O–H groups in total. The highest BCUT2D eigenvalue weighted by Gasteiger charge is 2.32. The lowest BCUT2D eigenvalue weighted by Gasteiger charge is -2.14. The number of aromatic nitrogens is 1. The van der Waals surface area contributed by atoms with Crippen molar-refractivity contribution in [3.63, 3.8) is 0 Å². The van der Waals surface area contributed by atoms with Crippen molar-refractivity contribution in [3.8, 4) is 33.2 Å². The molecule has 0 bridgehead atoms. The van der Waals surface area contributed by atoms with Gasteiger partial charge in [0, 0.05) is 12.6 Å². The molecule has 0 unspecified atom stereocenters. The Bertz CT molecular complexity index is 2060. The Hall–Kier alpha value is -5.55. The van der Waals surface area contributed by atoms with Crippen molar-refractivity contribution in [3.05, 3.63) is 119 Å². The number of alkyl halides is 6. The number of amides is 2. The number of halogens is 8. The van der Waals surface area contributed by atoms with Gasteiger partial charge in [0.25, 0.3) is 5.91 Å². The number of carbonyl (C=O) groups is 2. The molecule has 17 heteroatoms. The maximum atomic E-state index is 14.1. The second-order valence-electron chi connectivity index (χ2n) is 10.8. The summed E-state index contributed by atoms with van der Waals surface area (Å²) in [6, 6.07) is 17.1. The molecule has 280 valence electrons. The van der Waals surface area contributed by atoms with Crippen LogP contribution in [0, 0.1) is 11.6 Å². The van der Waals surface area contributed by atoms with E-state index in [2.05, 4.69) is 15.1 Å². The molecule has 0 fully saturated rings. The van der Waals surface area contributed by atoms with Crippen LogP contribution in [0.2, 0.25) is 0 Å². The fraction of sp³-hybridized carbons (Fsp3) is 0.194. The molecule has 1 heterocycles. The smallest absolute Gasteiger partial charge is 0.416 e. The molecule has 1 aromatic heterocycles. The van der Waals surface area contributed by atoms with E-state index in [0.717, 1.165) is 58.9 Å². The maximum Gasteiger partial charge on any atom is 0.416 e. The molecule has 2 amide bonds. The van der Waals surface area contributed by atoms with Gasteiger partial charge < -0.3 is 9.47 Å². The fourth-order valence-electron chi connectivity index (χ4n) is 4.70. The Balaban J connectivity index is 0.000000310. The van der Waals surface area contributed by atoms with Crippen molar-refractivity contribution in [2.75, 3.05) is 33.7 Å². The number of nitrogens with zero attached hydrogens (tertiary/aromatic N) is 2. The first-order chi connectivity index (χ1) is 25.0. The summed E-state index contributed by atoms with van der Waals surface area (Å²) in [6.07, 6.45) is -9.11.